The third-order valence-electron chi connectivity index (χ3n) is 2.41. The maximum Gasteiger partial charge on any atom is 0.0810 e. The third-order valence-corrected chi connectivity index (χ3v) is 2.41. The van der Waals surface area contributed by atoms with Gasteiger partial charge in [-0.15, -0.1) is 0 Å². The molecule has 1 aliphatic heterocycles. The first-order valence-corrected chi connectivity index (χ1v) is 4.47. The molecule has 0 N–H and O–H groups in total. The lowest BCUT2D eigenvalue weighted by Gasteiger charge is -2.09. The Balaban J connectivity index is 1.96. The van der Waals surface area contributed by atoms with Crippen molar-refractivity contribution in [3.05, 3.63) is 12.2 Å². The van der Waals surface area contributed by atoms with Crippen LogP contribution in [0, 0.1) is 5.92 Å². The Labute approximate surface area is 69.4 Å². The van der Waals surface area contributed by atoms with Crippen LogP contribution in [0.2, 0.25) is 0 Å². The van der Waals surface area contributed by atoms with Gasteiger partial charge in [-0.1, -0.05) is 25.5 Å². The molecular formula is C10H18O. The molecule has 1 heterocycles. The lowest BCUT2D eigenvalue weighted by Crippen LogP contribution is -1.96. The lowest BCUT2D eigenvalue weighted by molar-refractivity contribution is 0.384. The van der Waals surface area contributed by atoms with Crippen LogP contribution in [0.1, 0.15) is 33.1 Å². The molecule has 0 radical (unpaired) electrons. The van der Waals surface area contributed by atoms with Gasteiger partial charge >= 0.3 is 0 Å². The Hall–Kier alpha value is -0.300. The molecule has 11 heavy (non-hydrogen) atoms. The Morgan fingerprint density at radius 1 is 1.73 bits per heavy atom. The summed E-state index contributed by atoms with van der Waals surface area (Å²) < 4.78 is 5.13. The maximum atomic E-state index is 5.13. The largest absolute Gasteiger partial charge is 0.373 e. The van der Waals surface area contributed by atoms with Crippen LogP contribution in [0.4, 0.5) is 0 Å². The van der Waals surface area contributed by atoms with E-state index in [1.807, 2.05) is 0 Å². The molecule has 1 saturated heterocycles. The van der Waals surface area contributed by atoms with Gasteiger partial charge in [-0.3, -0.25) is 0 Å². The molecule has 1 heteroatoms. The van der Waals surface area contributed by atoms with Crippen molar-refractivity contribution in [1.82, 2.24) is 0 Å². The van der Waals surface area contributed by atoms with Gasteiger partial charge in [0, 0.05) is 0 Å². The van der Waals surface area contributed by atoms with E-state index in [9.17, 15) is 0 Å². The van der Waals surface area contributed by atoms with Gasteiger partial charge in [0.15, 0.2) is 0 Å². The number of ether oxygens (including phenoxy) is 1. The van der Waals surface area contributed by atoms with Crippen LogP contribution in [0.3, 0.4) is 0 Å². The summed E-state index contributed by atoms with van der Waals surface area (Å²) in [4.78, 5) is 0. The van der Waals surface area contributed by atoms with Crippen molar-refractivity contribution in [2.24, 2.45) is 5.92 Å². The molecular weight excluding hydrogens is 136 g/mol. The minimum atomic E-state index is 0.604. The van der Waals surface area contributed by atoms with Crippen molar-refractivity contribution in [1.29, 1.82) is 0 Å². The van der Waals surface area contributed by atoms with Crippen LogP contribution in [-0.4, -0.2) is 12.7 Å². The zero-order valence-corrected chi connectivity index (χ0v) is 7.60. The van der Waals surface area contributed by atoms with Crippen molar-refractivity contribution < 1.29 is 4.74 Å². The molecule has 0 bridgehead atoms. The summed E-state index contributed by atoms with van der Waals surface area (Å²) in [6, 6.07) is 0. The van der Waals surface area contributed by atoms with Gasteiger partial charge in [0.05, 0.1) is 12.7 Å². The second-order valence-electron chi connectivity index (χ2n) is 3.63. The minimum Gasteiger partial charge on any atom is -0.373 e. The monoisotopic (exact) mass is 154 g/mol. The highest BCUT2D eigenvalue weighted by Crippen LogP contribution is 2.21. The molecule has 2 unspecified atom stereocenters. The van der Waals surface area contributed by atoms with E-state index in [0.29, 0.717) is 12.0 Å². The minimum absolute atomic E-state index is 0.604. The zero-order valence-electron chi connectivity index (χ0n) is 7.60. The number of rotatable bonds is 5. The second kappa shape index (κ2) is 3.91. The van der Waals surface area contributed by atoms with Crippen LogP contribution in [0.25, 0.3) is 0 Å². The molecule has 0 saturated carbocycles. The highest BCUT2D eigenvalue weighted by Gasteiger charge is 2.21. The van der Waals surface area contributed by atoms with E-state index in [0.717, 1.165) is 6.61 Å². The number of epoxide rings is 1. The SMILES string of the molecule is C=C(C)C(C)CCCC1CO1. The molecule has 64 valence electrons. The van der Waals surface area contributed by atoms with Crippen LogP contribution < -0.4 is 0 Å². The van der Waals surface area contributed by atoms with Crippen molar-refractivity contribution in [3.8, 4) is 0 Å². The van der Waals surface area contributed by atoms with Crippen molar-refractivity contribution >= 4 is 0 Å². The fourth-order valence-corrected chi connectivity index (χ4v) is 1.13. The number of hydrogen-bond acceptors (Lipinski definition) is 1. The summed E-state index contributed by atoms with van der Waals surface area (Å²) in [6.07, 6.45) is 4.42. The fraction of sp³-hybridized carbons (Fsp3) is 0.800. The van der Waals surface area contributed by atoms with E-state index in [2.05, 4.69) is 20.4 Å². The van der Waals surface area contributed by atoms with E-state index >= 15 is 0 Å². The highest BCUT2D eigenvalue weighted by molar-refractivity contribution is 4.93. The Kier molecular flexibility index (Phi) is 3.13. The first-order chi connectivity index (χ1) is 5.20. The summed E-state index contributed by atoms with van der Waals surface area (Å²) in [5.41, 5.74) is 1.31. The van der Waals surface area contributed by atoms with Crippen molar-refractivity contribution in [2.45, 2.75) is 39.2 Å². The van der Waals surface area contributed by atoms with Crippen LogP contribution in [0.5, 0.6) is 0 Å². The smallest absolute Gasteiger partial charge is 0.0810 e. The van der Waals surface area contributed by atoms with Crippen molar-refractivity contribution in [2.75, 3.05) is 6.61 Å². The lowest BCUT2D eigenvalue weighted by atomic mass is 9.97. The summed E-state index contributed by atoms with van der Waals surface area (Å²) >= 11 is 0. The average Bonchev–Trinajstić information content (AvgIpc) is 2.71. The second-order valence-corrected chi connectivity index (χ2v) is 3.63. The van der Waals surface area contributed by atoms with E-state index in [-0.39, 0.29) is 0 Å². The molecule has 0 aromatic rings. The Morgan fingerprint density at radius 3 is 2.82 bits per heavy atom. The zero-order chi connectivity index (χ0) is 8.27. The van der Waals surface area contributed by atoms with Gasteiger partial charge < -0.3 is 4.74 Å². The van der Waals surface area contributed by atoms with Crippen LogP contribution in [-0.2, 0) is 4.74 Å². The fourth-order valence-electron chi connectivity index (χ4n) is 1.13. The molecule has 0 amide bonds. The summed E-state index contributed by atoms with van der Waals surface area (Å²) in [7, 11) is 0. The van der Waals surface area contributed by atoms with Gasteiger partial charge in [-0.05, 0) is 25.7 Å². The molecule has 0 aromatic heterocycles. The van der Waals surface area contributed by atoms with E-state index < -0.39 is 0 Å². The molecule has 1 rings (SSSR count). The molecule has 0 aromatic carbocycles. The molecule has 2 atom stereocenters. The first kappa shape index (κ1) is 8.79. The van der Waals surface area contributed by atoms with Crippen LogP contribution >= 0.6 is 0 Å². The summed E-state index contributed by atoms with van der Waals surface area (Å²) in [5, 5.41) is 0. The molecule has 1 fully saturated rings. The Bertz CT molecular complexity index is 136. The summed E-state index contributed by atoms with van der Waals surface area (Å²) in [6.45, 7) is 9.29. The van der Waals surface area contributed by atoms with E-state index in [4.69, 9.17) is 4.74 Å². The van der Waals surface area contributed by atoms with Gasteiger partial charge in [-0.25, -0.2) is 0 Å². The quantitative estimate of drug-likeness (QED) is 0.438. The highest BCUT2D eigenvalue weighted by atomic mass is 16.6. The maximum absolute atomic E-state index is 5.13. The summed E-state index contributed by atoms with van der Waals surface area (Å²) in [5.74, 6) is 0.689. The normalized spacial score (nSPS) is 24.7. The van der Waals surface area contributed by atoms with Crippen molar-refractivity contribution in [3.63, 3.8) is 0 Å². The van der Waals surface area contributed by atoms with E-state index in [1.165, 1.54) is 24.8 Å². The molecule has 0 spiro atoms. The standard InChI is InChI=1S/C10H18O/c1-8(2)9(3)5-4-6-10-7-11-10/h9-10H,1,4-7H2,2-3H3. The Morgan fingerprint density at radius 2 is 2.36 bits per heavy atom. The topological polar surface area (TPSA) is 12.5 Å². The van der Waals surface area contributed by atoms with Crippen LogP contribution in [0.15, 0.2) is 12.2 Å². The van der Waals surface area contributed by atoms with Gasteiger partial charge in [-0.2, -0.15) is 0 Å². The van der Waals surface area contributed by atoms with Gasteiger partial charge in [0.25, 0.3) is 0 Å². The average molecular weight is 154 g/mol. The molecule has 0 aliphatic carbocycles. The predicted molar refractivity (Wildman–Crippen MR) is 47.6 cm³/mol. The molecule has 1 nitrogen and oxygen atoms in total. The van der Waals surface area contributed by atoms with Gasteiger partial charge in [0.1, 0.15) is 0 Å². The predicted octanol–water partition coefficient (Wildman–Crippen LogP) is 2.77. The molecule has 1 aliphatic rings. The number of hydrogen-bond donors (Lipinski definition) is 0. The first-order valence-electron chi connectivity index (χ1n) is 4.47. The number of allylic oxidation sites excluding steroid dienone is 1. The van der Waals surface area contributed by atoms with Gasteiger partial charge in [0.2, 0.25) is 0 Å². The third kappa shape index (κ3) is 3.57. The van der Waals surface area contributed by atoms with E-state index in [1.54, 1.807) is 0 Å².